The van der Waals surface area contributed by atoms with Crippen LogP contribution in [0.2, 0.25) is 0 Å². The minimum atomic E-state index is -0.214. The Bertz CT molecular complexity index is 674. The van der Waals surface area contributed by atoms with Gasteiger partial charge in [-0.15, -0.1) is 0 Å². The molecule has 1 aromatic carbocycles. The third-order valence-corrected chi connectivity index (χ3v) is 5.84. The molecule has 3 rings (SSSR count). The van der Waals surface area contributed by atoms with E-state index in [-0.39, 0.29) is 24.0 Å². The molecule has 2 saturated carbocycles. The zero-order valence-electron chi connectivity index (χ0n) is 17.0. The van der Waals surface area contributed by atoms with Crippen molar-refractivity contribution in [2.75, 3.05) is 18.4 Å². The molecule has 3 N–H and O–H groups in total. The first kappa shape index (κ1) is 20.8. The fourth-order valence-electron chi connectivity index (χ4n) is 3.97. The summed E-state index contributed by atoms with van der Waals surface area (Å²) in [4.78, 5) is 27.0. The van der Waals surface area contributed by atoms with Crippen LogP contribution in [0.4, 0.5) is 5.69 Å². The zero-order chi connectivity index (χ0) is 20.1. The summed E-state index contributed by atoms with van der Waals surface area (Å²) in [6, 6.07) is 6.58. The summed E-state index contributed by atoms with van der Waals surface area (Å²) in [7, 11) is 0. The molecule has 0 atom stereocenters. The van der Waals surface area contributed by atoms with E-state index in [1.54, 1.807) is 0 Å². The maximum atomic E-state index is 12.6. The van der Waals surface area contributed by atoms with Crippen LogP contribution in [0.15, 0.2) is 18.2 Å². The van der Waals surface area contributed by atoms with Crippen LogP contribution in [0.3, 0.4) is 0 Å². The fourth-order valence-corrected chi connectivity index (χ4v) is 3.97. The first-order valence-corrected chi connectivity index (χ1v) is 10.5. The molecule has 2 aliphatic carbocycles. The molecular weight excluding hydrogens is 354 g/mol. The van der Waals surface area contributed by atoms with E-state index in [0.29, 0.717) is 25.6 Å². The van der Waals surface area contributed by atoms with Gasteiger partial charge in [0.1, 0.15) is 0 Å². The minimum absolute atomic E-state index is 0.0222. The second kappa shape index (κ2) is 9.52. The van der Waals surface area contributed by atoms with Gasteiger partial charge in [0.2, 0.25) is 11.8 Å². The average molecular weight is 388 g/mol. The predicted molar refractivity (Wildman–Crippen MR) is 110 cm³/mol. The van der Waals surface area contributed by atoms with Crippen molar-refractivity contribution in [3.8, 4) is 0 Å². The minimum Gasteiger partial charge on any atom is -0.393 e. The lowest BCUT2D eigenvalue weighted by Crippen LogP contribution is -2.41. The Morgan fingerprint density at radius 1 is 1.04 bits per heavy atom. The van der Waals surface area contributed by atoms with E-state index in [1.807, 2.05) is 32.0 Å². The monoisotopic (exact) mass is 387 g/mol. The highest BCUT2D eigenvalue weighted by molar-refractivity contribution is 5.93. The molecule has 0 saturated heterocycles. The molecule has 0 spiro atoms. The molecule has 0 radical (unpaired) electrons. The summed E-state index contributed by atoms with van der Waals surface area (Å²) in [5.74, 6) is 0.0215. The van der Waals surface area contributed by atoms with Crippen molar-refractivity contribution in [2.24, 2.45) is 0 Å². The van der Waals surface area contributed by atoms with Crippen molar-refractivity contribution in [1.82, 2.24) is 10.2 Å². The van der Waals surface area contributed by atoms with Gasteiger partial charge in [-0.2, -0.15) is 0 Å². The van der Waals surface area contributed by atoms with E-state index in [9.17, 15) is 14.7 Å². The third kappa shape index (κ3) is 6.04. The van der Waals surface area contributed by atoms with Crippen LogP contribution < -0.4 is 10.6 Å². The summed E-state index contributed by atoms with van der Waals surface area (Å²) in [5, 5.41) is 15.7. The number of aryl methyl sites for hydroxylation is 2. The van der Waals surface area contributed by atoms with Gasteiger partial charge < -0.3 is 15.7 Å². The van der Waals surface area contributed by atoms with Crippen molar-refractivity contribution in [2.45, 2.75) is 77.0 Å². The molecule has 6 nitrogen and oxygen atoms in total. The summed E-state index contributed by atoms with van der Waals surface area (Å²) in [6.45, 7) is 4.92. The standard InChI is InChI=1S/C22H33N3O3/c1-15-4-3-5-16(2)22(15)24-21(28)14-25(18-8-9-18)13-12-20(27)23-17-6-10-19(26)11-7-17/h3-5,17-19,26H,6-14H2,1-2H3,(H,23,27)(H,24,28). The van der Waals surface area contributed by atoms with Crippen LogP contribution in [0.25, 0.3) is 0 Å². The molecule has 0 aromatic heterocycles. The lowest BCUT2D eigenvalue weighted by Gasteiger charge is -2.27. The van der Waals surface area contributed by atoms with E-state index in [1.165, 1.54) is 0 Å². The van der Waals surface area contributed by atoms with Crippen molar-refractivity contribution < 1.29 is 14.7 Å². The van der Waals surface area contributed by atoms with Gasteiger partial charge >= 0.3 is 0 Å². The molecule has 28 heavy (non-hydrogen) atoms. The molecular formula is C22H33N3O3. The number of rotatable bonds is 8. The molecule has 0 heterocycles. The highest BCUT2D eigenvalue weighted by Gasteiger charge is 2.31. The van der Waals surface area contributed by atoms with E-state index in [2.05, 4.69) is 15.5 Å². The van der Waals surface area contributed by atoms with Gasteiger partial charge in [0, 0.05) is 30.7 Å². The largest absolute Gasteiger partial charge is 0.393 e. The summed E-state index contributed by atoms with van der Waals surface area (Å²) >= 11 is 0. The van der Waals surface area contributed by atoms with E-state index in [0.717, 1.165) is 55.3 Å². The molecule has 0 aliphatic heterocycles. The van der Waals surface area contributed by atoms with Gasteiger partial charge in [-0.05, 0) is 63.5 Å². The van der Waals surface area contributed by atoms with Crippen LogP contribution in [-0.4, -0.2) is 53.1 Å². The Morgan fingerprint density at radius 2 is 1.68 bits per heavy atom. The number of para-hydroxylation sites is 1. The Hall–Kier alpha value is -1.92. The molecule has 6 heteroatoms. The number of carbonyl (C=O) groups is 2. The lowest BCUT2D eigenvalue weighted by molar-refractivity contribution is -0.123. The number of aliphatic hydroxyl groups is 1. The van der Waals surface area contributed by atoms with Crippen molar-refractivity contribution in [1.29, 1.82) is 0 Å². The zero-order valence-corrected chi connectivity index (χ0v) is 17.0. The number of nitrogens with zero attached hydrogens (tertiary/aromatic N) is 1. The number of hydrogen-bond acceptors (Lipinski definition) is 4. The second-order valence-corrected chi connectivity index (χ2v) is 8.34. The number of nitrogens with one attached hydrogen (secondary N) is 2. The van der Waals surface area contributed by atoms with E-state index in [4.69, 9.17) is 0 Å². The first-order chi connectivity index (χ1) is 13.4. The maximum absolute atomic E-state index is 12.6. The van der Waals surface area contributed by atoms with Gasteiger partial charge in [0.15, 0.2) is 0 Å². The van der Waals surface area contributed by atoms with Crippen LogP contribution in [-0.2, 0) is 9.59 Å². The van der Waals surface area contributed by atoms with Crippen molar-refractivity contribution in [3.05, 3.63) is 29.3 Å². The number of aliphatic hydroxyl groups excluding tert-OH is 1. The maximum Gasteiger partial charge on any atom is 0.238 e. The van der Waals surface area contributed by atoms with Crippen LogP contribution in [0.5, 0.6) is 0 Å². The Balaban J connectivity index is 1.46. The van der Waals surface area contributed by atoms with E-state index >= 15 is 0 Å². The van der Waals surface area contributed by atoms with E-state index < -0.39 is 0 Å². The van der Waals surface area contributed by atoms with Crippen LogP contribution >= 0.6 is 0 Å². The SMILES string of the molecule is Cc1cccc(C)c1NC(=O)CN(CCC(=O)NC1CCC(O)CC1)C1CC1. The number of carbonyl (C=O) groups excluding carboxylic acids is 2. The fraction of sp³-hybridized carbons (Fsp3) is 0.636. The molecule has 1 aromatic rings. The highest BCUT2D eigenvalue weighted by Crippen LogP contribution is 2.27. The summed E-state index contributed by atoms with van der Waals surface area (Å²) in [5.41, 5.74) is 3.01. The number of anilines is 1. The van der Waals surface area contributed by atoms with Crippen molar-refractivity contribution >= 4 is 17.5 Å². The molecule has 2 fully saturated rings. The Labute approximate surface area is 167 Å². The predicted octanol–water partition coefficient (Wildman–Crippen LogP) is 2.52. The average Bonchev–Trinajstić information content (AvgIpc) is 3.49. The lowest BCUT2D eigenvalue weighted by atomic mass is 9.93. The summed E-state index contributed by atoms with van der Waals surface area (Å²) in [6.07, 6.45) is 5.60. The first-order valence-electron chi connectivity index (χ1n) is 10.5. The number of benzene rings is 1. The molecule has 0 bridgehead atoms. The normalized spacial score (nSPS) is 22.1. The van der Waals surface area contributed by atoms with Gasteiger partial charge in [-0.25, -0.2) is 0 Å². The molecule has 154 valence electrons. The Morgan fingerprint density at radius 3 is 2.29 bits per heavy atom. The van der Waals surface area contributed by atoms with Crippen LogP contribution in [0.1, 0.15) is 56.1 Å². The quantitative estimate of drug-likeness (QED) is 0.640. The second-order valence-electron chi connectivity index (χ2n) is 8.34. The van der Waals surface area contributed by atoms with Gasteiger partial charge in [-0.1, -0.05) is 18.2 Å². The topological polar surface area (TPSA) is 81.7 Å². The van der Waals surface area contributed by atoms with Gasteiger partial charge in [-0.3, -0.25) is 14.5 Å². The number of hydrogen-bond donors (Lipinski definition) is 3. The molecule has 0 unspecified atom stereocenters. The smallest absolute Gasteiger partial charge is 0.238 e. The molecule has 2 amide bonds. The van der Waals surface area contributed by atoms with Gasteiger partial charge in [0.25, 0.3) is 0 Å². The van der Waals surface area contributed by atoms with Crippen molar-refractivity contribution in [3.63, 3.8) is 0 Å². The van der Waals surface area contributed by atoms with Gasteiger partial charge in [0.05, 0.1) is 12.6 Å². The number of amides is 2. The summed E-state index contributed by atoms with van der Waals surface area (Å²) < 4.78 is 0. The third-order valence-electron chi connectivity index (χ3n) is 5.84. The highest BCUT2D eigenvalue weighted by atomic mass is 16.3. The Kier molecular flexibility index (Phi) is 7.08. The van der Waals surface area contributed by atoms with Crippen LogP contribution in [0, 0.1) is 13.8 Å². The molecule has 2 aliphatic rings.